The van der Waals surface area contributed by atoms with Gasteiger partial charge in [-0.1, -0.05) is 42.5 Å². The summed E-state index contributed by atoms with van der Waals surface area (Å²) in [5.41, 5.74) is 1.17. The number of nitrogens with zero attached hydrogens (tertiary/aromatic N) is 2. The van der Waals surface area contributed by atoms with E-state index in [1.807, 2.05) is 17.0 Å². The van der Waals surface area contributed by atoms with Crippen LogP contribution in [0.25, 0.3) is 10.8 Å². The summed E-state index contributed by atoms with van der Waals surface area (Å²) in [5.74, 6) is 0.246. The molecule has 5 nitrogen and oxygen atoms in total. The van der Waals surface area contributed by atoms with Gasteiger partial charge in [-0.2, -0.15) is 0 Å². The molecule has 0 spiro atoms. The molecule has 5 heteroatoms. The number of benzene rings is 2. The fourth-order valence-electron chi connectivity index (χ4n) is 4.22. The number of carbonyl (C=O) groups is 1. The van der Waals surface area contributed by atoms with E-state index in [9.17, 15) is 9.90 Å². The number of amides is 1. The molecular weight excluding hydrogens is 340 g/mol. The predicted molar refractivity (Wildman–Crippen MR) is 106 cm³/mol. The summed E-state index contributed by atoms with van der Waals surface area (Å²) in [4.78, 5) is 16.7. The Hall–Kier alpha value is -1.95. The van der Waals surface area contributed by atoms with Gasteiger partial charge in [-0.05, 0) is 22.8 Å². The molecule has 144 valence electrons. The molecule has 2 atom stereocenters. The van der Waals surface area contributed by atoms with Crippen molar-refractivity contribution in [3.63, 3.8) is 0 Å². The standard InChI is InChI=1S/C22H28N2O3/c25-21-16-24(22(26)8-9-23-11-13-27-14-12-23)10-7-20(21)19-6-5-17-3-1-2-4-18(17)15-19/h1-6,15,20-21,25H,7-14,16H2/t20-,21+/m0/s1. The Balaban J connectivity index is 1.34. The fourth-order valence-corrected chi connectivity index (χ4v) is 4.22. The average Bonchev–Trinajstić information content (AvgIpc) is 2.72. The molecule has 2 aliphatic rings. The van der Waals surface area contributed by atoms with E-state index in [1.54, 1.807) is 0 Å². The highest BCUT2D eigenvalue weighted by Gasteiger charge is 2.31. The lowest BCUT2D eigenvalue weighted by Crippen LogP contribution is -2.47. The highest BCUT2D eigenvalue weighted by Crippen LogP contribution is 2.30. The van der Waals surface area contributed by atoms with Crippen LogP contribution in [-0.4, -0.2) is 72.9 Å². The van der Waals surface area contributed by atoms with Gasteiger partial charge in [0.05, 0.1) is 19.3 Å². The summed E-state index contributed by atoms with van der Waals surface area (Å²) >= 11 is 0. The molecule has 0 bridgehead atoms. The number of aliphatic hydroxyl groups excluding tert-OH is 1. The number of β-amino-alcohol motifs (C(OH)–C–C–N with tert-alkyl or cyclic N) is 1. The largest absolute Gasteiger partial charge is 0.391 e. The highest BCUT2D eigenvalue weighted by atomic mass is 16.5. The molecule has 4 rings (SSSR count). The lowest BCUT2D eigenvalue weighted by molar-refractivity contribution is -0.135. The minimum absolute atomic E-state index is 0.0953. The van der Waals surface area contributed by atoms with E-state index in [-0.39, 0.29) is 11.8 Å². The second kappa shape index (κ2) is 8.38. The Morgan fingerprint density at radius 2 is 1.85 bits per heavy atom. The van der Waals surface area contributed by atoms with Crippen LogP contribution in [0.5, 0.6) is 0 Å². The quantitative estimate of drug-likeness (QED) is 0.899. The van der Waals surface area contributed by atoms with Crippen molar-refractivity contribution >= 4 is 16.7 Å². The van der Waals surface area contributed by atoms with Crippen LogP contribution in [0, 0.1) is 0 Å². The Bertz CT molecular complexity index is 788. The molecule has 1 N–H and O–H groups in total. The van der Waals surface area contributed by atoms with Crippen molar-refractivity contribution < 1.29 is 14.6 Å². The van der Waals surface area contributed by atoms with Crippen LogP contribution in [0.15, 0.2) is 42.5 Å². The number of likely N-dealkylation sites (tertiary alicyclic amines) is 1. The molecule has 1 amide bonds. The zero-order valence-electron chi connectivity index (χ0n) is 15.7. The summed E-state index contributed by atoms with van der Waals surface area (Å²) in [7, 11) is 0. The van der Waals surface area contributed by atoms with Crippen molar-refractivity contribution in [1.29, 1.82) is 0 Å². The van der Waals surface area contributed by atoms with Gasteiger partial charge < -0.3 is 14.7 Å². The molecule has 2 aromatic carbocycles. The first-order chi connectivity index (χ1) is 13.2. The van der Waals surface area contributed by atoms with Gasteiger partial charge in [0, 0.05) is 45.1 Å². The molecule has 2 aliphatic heterocycles. The summed E-state index contributed by atoms with van der Waals surface area (Å²) in [6.07, 6.45) is 0.822. The Morgan fingerprint density at radius 1 is 1.07 bits per heavy atom. The van der Waals surface area contributed by atoms with E-state index in [0.717, 1.165) is 45.8 Å². The van der Waals surface area contributed by atoms with Crippen molar-refractivity contribution in [1.82, 2.24) is 9.80 Å². The van der Waals surface area contributed by atoms with E-state index in [2.05, 4.69) is 35.2 Å². The van der Waals surface area contributed by atoms with Crippen LogP contribution in [0.2, 0.25) is 0 Å². The molecule has 0 aromatic heterocycles. The fraction of sp³-hybridized carbons (Fsp3) is 0.500. The van der Waals surface area contributed by atoms with Crippen molar-refractivity contribution in [3.8, 4) is 0 Å². The molecule has 2 fully saturated rings. The number of morpholine rings is 1. The van der Waals surface area contributed by atoms with E-state index in [1.165, 1.54) is 16.3 Å². The smallest absolute Gasteiger partial charge is 0.223 e. The van der Waals surface area contributed by atoms with Crippen LogP contribution in [0.3, 0.4) is 0 Å². The second-order valence-electron chi connectivity index (χ2n) is 7.61. The Labute approximate surface area is 160 Å². The normalized spacial score (nSPS) is 24.3. The molecule has 2 heterocycles. The predicted octanol–water partition coefficient (Wildman–Crippen LogP) is 2.24. The monoisotopic (exact) mass is 368 g/mol. The SMILES string of the molecule is O=C(CCN1CCOCC1)N1CC[C@@H](c2ccc3ccccc3c2)[C@H](O)C1. The van der Waals surface area contributed by atoms with Crippen LogP contribution in [0.1, 0.15) is 24.3 Å². The second-order valence-corrected chi connectivity index (χ2v) is 7.61. The summed E-state index contributed by atoms with van der Waals surface area (Å²) in [6, 6.07) is 14.7. The number of ether oxygens (including phenoxy) is 1. The third-order valence-corrected chi connectivity index (χ3v) is 5.88. The lowest BCUT2D eigenvalue weighted by Gasteiger charge is -2.37. The van der Waals surface area contributed by atoms with Gasteiger partial charge in [0.25, 0.3) is 0 Å². The van der Waals surface area contributed by atoms with Gasteiger partial charge in [0.2, 0.25) is 5.91 Å². The van der Waals surface area contributed by atoms with E-state index in [0.29, 0.717) is 13.0 Å². The molecule has 27 heavy (non-hydrogen) atoms. The number of fused-ring (bicyclic) bond motifs is 1. The number of rotatable bonds is 4. The topological polar surface area (TPSA) is 53.0 Å². The van der Waals surface area contributed by atoms with Gasteiger partial charge in [-0.15, -0.1) is 0 Å². The van der Waals surface area contributed by atoms with Gasteiger partial charge in [0.1, 0.15) is 0 Å². The molecular formula is C22H28N2O3. The minimum atomic E-state index is -0.507. The van der Waals surface area contributed by atoms with Gasteiger partial charge in [-0.25, -0.2) is 0 Å². The number of carbonyl (C=O) groups excluding carboxylic acids is 1. The number of hydrogen-bond donors (Lipinski definition) is 1. The van der Waals surface area contributed by atoms with Crippen LogP contribution < -0.4 is 0 Å². The molecule has 0 aliphatic carbocycles. The summed E-state index contributed by atoms with van der Waals surface area (Å²) in [5, 5.41) is 13.1. The molecule has 0 radical (unpaired) electrons. The number of piperidine rings is 1. The maximum Gasteiger partial charge on any atom is 0.223 e. The third-order valence-electron chi connectivity index (χ3n) is 5.88. The first-order valence-electron chi connectivity index (χ1n) is 9.95. The zero-order chi connectivity index (χ0) is 18.6. The molecule has 0 saturated carbocycles. The Morgan fingerprint density at radius 3 is 2.63 bits per heavy atom. The van der Waals surface area contributed by atoms with Crippen molar-refractivity contribution in [3.05, 3.63) is 48.0 Å². The van der Waals surface area contributed by atoms with Crippen molar-refractivity contribution in [2.75, 3.05) is 45.9 Å². The lowest BCUT2D eigenvalue weighted by atomic mass is 9.86. The number of aliphatic hydroxyl groups is 1. The van der Waals surface area contributed by atoms with E-state index < -0.39 is 6.10 Å². The van der Waals surface area contributed by atoms with Crippen molar-refractivity contribution in [2.24, 2.45) is 0 Å². The van der Waals surface area contributed by atoms with Gasteiger partial charge in [-0.3, -0.25) is 9.69 Å². The van der Waals surface area contributed by atoms with Crippen LogP contribution in [0.4, 0.5) is 0 Å². The van der Waals surface area contributed by atoms with Gasteiger partial charge in [0.15, 0.2) is 0 Å². The maximum atomic E-state index is 12.6. The Kier molecular flexibility index (Phi) is 5.72. The highest BCUT2D eigenvalue weighted by molar-refractivity contribution is 5.83. The number of hydrogen-bond acceptors (Lipinski definition) is 4. The molecule has 2 saturated heterocycles. The van der Waals surface area contributed by atoms with E-state index in [4.69, 9.17) is 4.74 Å². The minimum Gasteiger partial charge on any atom is -0.391 e. The first kappa shape index (κ1) is 18.4. The first-order valence-corrected chi connectivity index (χ1v) is 9.95. The van der Waals surface area contributed by atoms with Crippen LogP contribution in [-0.2, 0) is 9.53 Å². The average molecular weight is 368 g/mol. The van der Waals surface area contributed by atoms with Crippen molar-refractivity contribution in [2.45, 2.75) is 24.9 Å². The maximum absolute atomic E-state index is 12.6. The van der Waals surface area contributed by atoms with E-state index >= 15 is 0 Å². The third kappa shape index (κ3) is 4.32. The zero-order valence-corrected chi connectivity index (χ0v) is 15.7. The summed E-state index contributed by atoms with van der Waals surface area (Å²) in [6.45, 7) is 5.24. The molecule has 2 aromatic rings. The van der Waals surface area contributed by atoms with Gasteiger partial charge >= 0.3 is 0 Å². The molecule has 0 unspecified atom stereocenters. The van der Waals surface area contributed by atoms with Crippen LogP contribution >= 0.6 is 0 Å². The summed E-state index contributed by atoms with van der Waals surface area (Å²) < 4.78 is 5.35.